The summed E-state index contributed by atoms with van der Waals surface area (Å²) in [6.45, 7) is 6.97. The highest BCUT2D eigenvalue weighted by Gasteiger charge is 2.43. The second kappa shape index (κ2) is 5.73. The van der Waals surface area contributed by atoms with Crippen LogP contribution in [-0.4, -0.2) is 37.4 Å². The molecule has 0 unspecified atom stereocenters. The zero-order valence-electron chi connectivity index (χ0n) is 11.4. The Morgan fingerprint density at radius 1 is 1.28 bits per heavy atom. The molecule has 1 saturated carbocycles. The smallest absolute Gasteiger partial charge is 0.408 e. The van der Waals surface area contributed by atoms with Crippen molar-refractivity contribution in [3.8, 4) is 0 Å². The molecule has 1 amide bonds. The number of ether oxygens (including phenoxy) is 1. The summed E-state index contributed by atoms with van der Waals surface area (Å²) in [4.78, 5) is 22.8. The number of aliphatic carboxylic acids is 1. The van der Waals surface area contributed by atoms with Gasteiger partial charge in [0.1, 0.15) is 5.54 Å². The molecule has 1 rings (SSSR count). The van der Waals surface area contributed by atoms with Gasteiger partial charge in [-0.1, -0.05) is 32.5 Å². The van der Waals surface area contributed by atoms with E-state index in [-0.39, 0.29) is 0 Å². The Labute approximate surface area is 109 Å². The molecule has 0 aromatic heterocycles. The first kappa shape index (κ1) is 15.0. The average molecular weight is 273 g/mol. The molecule has 0 atom stereocenters. The molecule has 18 heavy (non-hydrogen) atoms. The fraction of sp³-hybridized carbons (Fsp3) is 0.833. The number of carbonyl (C=O) groups excluding carboxylic acids is 1. The standard InChI is InChI=1S/C12H23NO4Si/c1-18(2,3)9-8-17-11(16)13-12(10(14)15)6-4-5-7-12/h4-9H2,1-3H3,(H,13,16)(H,14,15). The van der Waals surface area contributed by atoms with Gasteiger partial charge in [0.05, 0.1) is 6.61 Å². The largest absolute Gasteiger partial charge is 0.480 e. The number of hydrogen-bond donors (Lipinski definition) is 2. The minimum Gasteiger partial charge on any atom is -0.480 e. The molecule has 0 aliphatic heterocycles. The van der Waals surface area contributed by atoms with E-state index in [1.807, 2.05) is 0 Å². The average Bonchev–Trinajstić information content (AvgIpc) is 2.65. The zero-order chi connectivity index (χ0) is 13.8. The number of nitrogens with one attached hydrogen (secondary N) is 1. The van der Waals surface area contributed by atoms with E-state index in [4.69, 9.17) is 4.74 Å². The van der Waals surface area contributed by atoms with Crippen molar-refractivity contribution in [2.75, 3.05) is 6.61 Å². The van der Waals surface area contributed by atoms with Crippen LogP contribution < -0.4 is 5.32 Å². The molecule has 5 nitrogen and oxygen atoms in total. The van der Waals surface area contributed by atoms with Crippen molar-refractivity contribution < 1.29 is 19.4 Å². The zero-order valence-corrected chi connectivity index (χ0v) is 12.4. The number of amides is 1. The predicted molar refractivity (Wildman–Crippen MR) is 71.5 cm³/mol. The van der Waals surface area contributed by atoms with Crippen LogP contribution in [0, 0.1) is 0 Å². The van der Waals surface area contributed by atoms with E-state index < -0.39 is 25.7 Å². The maximum Gasteiger partial charge on any atom is 0.408 e. The summed E-state index contributed by atoms with van der Waals surface area (Å²) in [5.41, 5.74) is -1.10. The lowest BCUT2D eigenvalue weighted by atomic mass is 9.98. The maximum atomic E-state index is 11.6. The van der Waals surface area contributed by atoms with Gasteiger partial charge in [-0.2, -0.15) is 0 Å². The van der Waals surface area contributed by atoms with E-state index in [0.29, 0.717) is 19.4 Å². The van der Waals surface area contributed by atoms with Gasteiger partial charge in [-0.05, 0) is 18.9 Å². The first-order valence-corrected chi connectivity index (χ1v) is 10.1. The first-order valence-electron chi connectivity index (χ1n) is 6.44. The van der Waals surface area contributed by atoms with Crippen molar-refractivity contribution in [3.05, 3.63) is 0 Å². The lowest BCUT2D eigenvalue weighted by Gasteiger charge is -2.25. The van der Waals surface area contributed by atoms with Crippen molar-refractivity contribution in [3.63, 3.8) is 0 Å². The molecule has 0 aromatic rings. The van der Waals surface area contributed by atoms with Crippen LogP contribution >= 0.6 is 0 Å². The maximum absolute atomic E-state index is 11.6. The Bertz CT molecular complexity index is 319. The van der Waals surface area contributed by atoms with Crippen LogP contribution in [0.25, 0.3) is 0 Å². The van der Waals surface area contributed by atoms with Gasteiger partial charge in [0, 0.05) is 8.07 Å². The molecule has 0 radical (unpaired) electrons. The third kappa shape index (κ3) is 4.32. The van der Waals surface area contributed by atoms with Crippen LogP contribution in [0.5, 0.6) is 0 Å². The summed E-state index contributed by atoms with van der Waals surface area (Å²) in [7, 11) is -1.23. The number of hydrogen-bond acceptors (Lipinski definition) is 3. The van der Waals surface area contributed by atoms with Gasteiger partial charge < -0.3 is 15.2 Å². The second-order valence-corrected chi connectivity index (χ2v) is 11.8. The Balaban J connectivity index is 2.41. The molecule has 1 aliphatic carbocycles. The summed E-state index contributed by atoms with van der Waals surface area (Å²) in [5.74, 6) is -0.956. The van der Waals surface area contributed by atoms with E-state index in [1.54, 1.807) is 0 Å². The van der Waals surface area contributed by atoms with Crippen LogP contribution in [0.2, 0.25) is 25.7 Å². The second-order valence-electron chi connectivity index (χ2n) is 6.17. The van der Waals surface area contributed by atoms with E-state index >= 15 is 0 Å². The highest BCUT2D eigenvalue weighted by molar-refractivity contribution is 6.76. The van der Waals surface area contributed by atoms with E-state index in [9.17, 15) is 14.7 Å². The Morgan fingerprint density at radius 3 is 2.28 bits per heavy atom. The molecule has 1 fully saturated rings. The van der Waals surface area contributed by atoms with E-state index in [1.165, 1.54) is 0 Å². The lowest BCUT2D eigenvalue weighted by Crippen LogP contribution is -2.52. The molecule has 1 aliphatic rings. The number of alkyl carbamates (subject to hydrolysis) is 1. The number of carboxylic acid groups (broad SMARTS) is 1. The predicted octanol–water partition coefficient (Wildman–Crippen LogP) is 2.45. The summed E-state index contributed by atoms with van der Waals surface area (Å²) in [6, 6.07) is 0.889. The van der Waals surface area contributed by atoms with Gasteiger partial charge in [0.2, 0.25) is 0 Å². The van der Waals surface area contributed by atoms with Crippen LogP contribution in [0.4, 0.5) is 4.79 Å². The van der Waals surface area contributed by atoms with Gasteiger partial charge in [-0.15, -0.1) is 0 Å². The summed E-state index contributed by atoms with van der Waals surface area (Å²) in [5, 5.41) is 11.7. The Morgan fingerprint density at radius 2 is 1.83 bits per heavy atom. The van der Waals surface area contributed by atoms with Gasteiger partial charge in [0.15, 0.2) is 0 Å². The van der Waals surface area contributed by atoms with Crippen molar-refractivity contribution in [1.29, 1.82) is 0 Å². The summed E-state index contributed by atoms with van der Waals surface area (Å²) < 4.78 is 5.08. The summed E-state index contributed by atoms with van der Waals surface area (Å²) in [6.07, 6.45) is 2.05. The van der Waals surface area contributed by atoms with E-state index in [2.05, 4.69) is 25.0 Å². The third-order valence-electron chi connectivity index (χ3n) is 3.29. The van der Waals surface area contributed by atoms with Crippen LogP contribution in [0.3, 0.4) is 0 Å². The summed E-state index contributed by atoms with van der Waals surface area (Å²) >= 11 is 0. The molecule has 6 heteroatoms. The van der Waals surface area contributed by atoms with Gasteiger partial charge in [0.25, 0.3) is 0 Å². The number of carboxylic acids is 1. The molecule has 0 saturated heterocycles. The van der Waals surface area contributed by atoms with E-state index in [0.717, 1.165) is 18.9 Å². The van der Waals surface area contributed by atoms with Crippen molar-refractivity contribution in [2.24, 2.45) is 0 Å². The fourth-order valence-electron chi connectivity index (χ4n) is 2.05. The Kier molecular flexibility index (Phi) is 4.78. The van der Waals surface area contributed by atoms with Gasteiger partial charge >= 0.3 is 12.1 Å². The van der Waals surface area contributed by atoms with Crippen molar-refractivity contribution in [2.45, 2.75) is 56.9 Å². The third-order valence-corrected chi connectivity index (χ3v) is 5.00. The van der Waals surface area contributed by atoms with Crippen LogP contribution in [-0.2, 0) is 9.53 Å². The monoisotopic (exact) mass is 273 g/mol. The molecule has 2 N–H and O–H groups in total. The quantitative estimate of drug-likeness (QED) is 0.754. The van der Waals surface area contributed by atoms with Crippen molar-refractivity contribution in [1.82, 2.24) is 5.32 Å². The minimum atomic E-state index is -1.23. The number of carbonyl (C=O) groups is 2. The highest BCUT2D eigenvalue weighted by Crippen LogP contribution is 2.29. The van der Waals surface area contributed by atoms with Gasteiger partial charge in [-0.25, -0.2) is 9.59 Å². The fourth-order valence-corrected chi connectivity index (χ4v) is 2.77. The van der Waals surface area contributed by atoms with Crippen LogP contribution in [0.15, 0.2) is 0 Å². The first-order chi connectivity index (χ1) is 8.25. The molecular formula is C12H23NO4Si. The molecular weight excluding hydrogens is 250 g/mol. The van der Waals surface area contributed by atoms with Crippen LogP contribution in [0.1, 0.15) is 25.7 Å². The molecule has 0 aromatic carbocycles. The Hall–Kier alpha value is -1.04. The lowest BCUT2D eigenvalue weighted by molar-refractivity contribution is -0.144. The number of rotatable bonds is 5. The molecule has 104 valence electrons. The normalized spacial score (nSPS) is 18.4. The minimum absolute atomic E-state index is 0.372. The molecule has 0 spiro atoms. The molecule has 0 heterocycles. The highest BCUT2D eigenvalue weighted by atomic mass is 28.3. The topological polar surface area (TPSA) is 75.6 Å². The van der Waals surface area contributed by atoms with Gasteiger partial charge in [-0.3, -0.25) is 0 Å². The molecule has 0 bridgehead atoms. The SMILES string of the molecule is C[Si](C)(C)CCOC(=O)NC1(C(=O)O)CCCC1. The van der Waals surface area contributed by atoms with Crippen molar-refractivity contribution >= 4 is 20.1 Å².